The Bertz CT molecular complexity index is 1040. The number of carbonyl (C=O) groups is 2. The molecule has 6 nitrogen and oxygen atoms in total. The van der Waals surface area contributed by atoms with Gasteiger partial charge in [-0.2, -0.15) is 0 Å². The summed E-state index contributed by atoms with van der Waals surface area (Å²) in [5.74, 6) is 0.0380. The lowest BCUT2D eigenvalue weighted by atomic mass is 9.96. The van der Waals surface area contributed by atoms with Crippen LogP contribution in [0.25, 0.3) is 0 Å². The number of thiazole rings is 1. The first-order valence-electron chi connectivity index (χ1n) is 9.83. The van der Waals surface area contributed by atoms with Gasteiger partial charge in [0.2, 0.25) is 5.91 Å². The van der Waals surface area contributed by atoms with Gasteiger partial charge in [-0.3, -0.25) is 9.59 Å². The standard InChI is InChI=1S/C22H22ClN3O3S/c1-14-4-5-15(12-18(14)23)11-17-13-24-22(30-17)25-20(27)16-6-8-26(9-7-16)21(28)19-3-2-10-29-19/h2-5,10,12-13,16H,6-9,11H2,1H3,(H,24,25,27). The van der Waals surface area contributed by atoms with Gasteiger partial charge in [-0.05, 0) is 49.1 Å². The minimum absolute atomic E-state index is 0.0422. The van der Waals surface area contributed by atoms with Gasteiger partial charge < -0.3 is 14.6 Å². The zero-order chi connectivity index (χ0) is 21.1. The van der Waals surface area contributed by atoms with Crippen LogP contribution in [-0.4, -0.2) is 34.8 Å². The molecule has 0 radical (unpaired) electrons. The van der Waals surface area contributed by atoms with Crippen LogP contribution in [0.2, 0.25) is 5.02 Å². The number of anilines is 1. The predicted octanol–water partition coefficient (Wildman–Crippen LogP) is 4.78. The fourth-order valence-electron chi connectivity index (χ4n) is 3.50. The topological polar surface area (TPSA) is 75.4 Å². The molecule has 0 aliphatic carbocycles. The monoisotopic (exact) mass is 443 g/mol. The molecular formula is C22H22ClN3O3S. The third-order valence-electron chi connectivity index (χ3n) is 5.28. The highest BCUT2D eigenvalue weighted by atomic mass is 35.5. The van der Waals surface area contributed by atoms with E-state index in [2.05, 4.69) is 16.4 Å². The second-order valence-corrected chi connectivity index (χ2v) is 8.95. The predicted molar refractivity (Wildman–Crippen MR) is 117 cm³/mol. The molecule has 1 aliphatic heterocycles. The van der Waals surface area contributed by atoms with Crippen LogP contribution in [0.4, 0.5) is 5.13 Å². The second kappa shape index (κ2) is 9.02. The number of hydrogen-bond donors (Lipinski definition) is 1. The van der Waals surface area contributed by atoms with Gasteiger partial charge in [0.15, 0.2) is 10.9 Å². The number of likely N-dealkylation sites (tertiary alicyclic amines) is 1. The molecule has 1 fully saturated rings. The van der Waals surface area contributed by atoms with Gasteiger partial charge in [-0.1, -0.05) is 23.7 Å². The SMILES string of the molecule is Cc1ccc(Cc2cnc(NC(=O)C3CCN(C(=O)c4ccco4)CC3)s2)cc1Cl. The van der Waals surface area contributed by atoms with E-state index in [1.165, 1.54) is 17.6 Å². The number of halogens is 1. The van der Waals surface area contributed by atoms with Gasteiger partial charge in [0.1, 0.15) is 0 Å². The number of aromatic nitrogens is 1. The summed E-state index contributed by atoms with van der Waals surface area (Å²) in [6.45, 7) is 3.05. The molecule has 1 N–H and O–H groups in total. The number of amides is 2. The number of hydrogen-bond acceptors (Lipinski definition) is 5. The normalized spacial score (nSPS) is 14.7. The lowest BCUT2D eigenvalue weighted by Crippen LogP contribution is -2.41. The Kier molecular flexibility index (Phi) is 6.20. The van der Waals surface area contributed by atoms with Crippen LogP contribution in [0.15, 0.2) is 47.2 Å². The minimum atomic E-state index is -0.131. The van der Waals surface area contributed by atoms with E-state index in [-0.39, 0.29) is 17.7 Å². The Morgan fingerprint density at radius 3 is 2.80 bits per heavy atom. The van der Waals surface area contributed by atoms with Gasteiger partial charge in [-0.25, -0.2) is 4.98 Å². The molecule has 0 bridgehead atoms. The van der Waals surface area contributed by atoms with Crippen LogP contribution in [0.3, 0.4) is 0 Å². The van der Waals surface area contributed by atoms with Crippen LogP contribution < -0.4 is 5.32 Å². The van der Waals surface area contributed by atoms with Crippen molar-refractivity contribution in [3.8, 4) is 0 Å². The number of furan rings is 1. The first kappa shape index (κ1) is 20.6. The molecule has 1 aromatic carbocycles. The maximum atomic E-state index is 12.6. The minimum Gasteiger partial charge on any atom is -0.459 e. The zero-order valence-corrected chi connectivity index (χ0v) is 18.1. The van der Waals surface area contributed by atoms with E-state index in [1.54, 1.807) is 23.2 Å². The Labute approximate surface area is 183 Å². The highest BCUT2D eigenvalue weighted by Gasteiger charge is 2.29. The molecular weight excluding hydrogens is 422 g/mol. The van der Waals surface area contributed by atoms with Crippen LogP contribution in [0, 0.1) is 12.8 Å². The molecule has 0 spiro atoms. The number of carbonyl (C=O) groups excluding carboxylic acids is 2. The number of aryl methyl sites for hydroxylation is 1. The van der Waals surface area contributed by atoms with Crippen LogP contribution in [0.5, 0.6) is 0 Å². The van der Waals surface area contributed by atoms with E-state index in [0.717, 1.165) is 27.4 Å². The van der Waals surface area contributed by atoms with E-state index in [1.807, 2.05) is 19.1 Å². The summed E-state index contributed by atoms with van der Waals surface area (Å²) in [5, 5.41) is 4.28. The summed E-state index contributed by atoms with van der Waals surface area (Å²) in [6.07, 6.45) is 5.25. The van der Waals surface area contributed by atoms with Gasteiger partial charge >= 0.3 is 0 Å². The van der Waals surface area contributed by atoms with Crippen molar-refractivity contribution < 1.29 is 14.0 Å². The lowest BCUT2D eigenvalue weighted by molar-refractivity contribution is -0.121. The first-order chi connectivity index (χ1) is 14.5. The summed E-state index contributed by atoms with van der Waals surface area (Å²) in [6, 6.07) is 9.38. The van der Waals surface area contributed by atoms with Crippen molar-refractivity contribution in [1.29, 1.82) is 0 Å². The number of piperidine rings is 1. The van der Waals surface area contributed by atoms with Gasteiger partial charge in [0.05, 0.1) is 6.26 Å². The van der Waals surface area contributed by atoms with Crippen molar-refractivity contribution in [3.63, 3.8) is 0 Å². The van der Waals surface area contributed by atoms with E-state index in [4.69, 9.17) is 16.0 Å². The Balaban J connectivity index is 1.29. The molecule has 0 saturated carbocycles. The number of nitrogens with one attached hydrogen (secondary N) is 1. The number of nitrogens with zero attached hydrogens (tertiary/aromatic N) is 2. The lowest BCUT2D eigenvalue weighted by Gasteiger charge is -2.30. The van der Waals surface area contributed by atoms with Crippen molar-refractivity contribution in [2.24, 2.45) is 5.92 Å². The van der Waals surface area contributed by atoms with Gasteiger partial charge in [0, 0.05) is 41.5 Å². The smallest absolute Gasteiger partial charge is 0.289 e. The van der Waals surface area contributed by atoms with E-state index in [9.17, 15) is 9.59 Å². The van der Waals surface area contributed by atoms with Crippen molar-refractivity contribution in [1.82, 2.24) is 9.88 Å². The summed E-state index contributed by atoms with van der Waals surface area (Å²) >= 11 is 7.67. The average molecular weight is 444 g/mol. The highest BCUT2D eigenvalue weighted by Crippen LogP contribution is 2.26. The third-order valence-corrected chi connectivity index (χ3v) is 6.60. The molecule has 4 rings (SSSR count). The van der Waals surface area contributed by atoms with Crippen LogP contribution in [-0.2, 0) is 11.2 Å². The molecule has 156 valence electrons. The highest BCUT2D eigenvalue weighted by molar-refractivity contribution is 7.15. The molecule has 0 unspecified atom stereocenters. The molecule has 1 saturated heterocycles. The largest absolute Gasteiger partial charge is 0.459 e. The van der Waals surface area contributed by atoms with Crippen molar-refractivity contribution in [3.05, 3.63) is 69.6 Å². The molecule has 30 heavy (non-hydrogen) atoms. The van der Waals surface area contributed by atoms with E-state index >= 15 is 0 Å². The molecule has 8 heteroatoms. The summed E-state index contributed by atoms with van der Waals surface area (Å²) in [7, 11) is 0. The fraction of sp³-hybridized carbons (Fsp3) is 0.318. The molecule has 0 atom stereocenters. The zero-order valence-electron chi connectivity index (χ0n) is 16.6. The third kappa shape index (κ3) is 4.74. The summed E-state index contributed by atoms with van der Waals surface area (Å²) in [5.41, 5.74) is 2.16. The molecule has 3 heterocycles. The Hall–Kier alpha value is -2.64. The fourth-order valence-corrected chi connectivity index (χ4v) is 4.56. The quantitative estimate of drug-likeness (QED) is 0.615. The van der Waals surface area contributed by atoms with Crippen LogP contribution >= 0.6 is 22.9 Å². The number of rotatable bonds is 5. The molecule has 1 aliphatic rings. The van der Waals surface area contributed by atoms with Crippen molar-refractivity contribution in [2.75, 3.05) is 18.4 Å². The van der Waals surface area contributed by atoms with Crippen LogP contribution in [0.1, 0.15) is 39.4 Å². The summed E-state index contributed by atoms with van der Waals surface area (Å²) in [4.78, 5) is 32.1. The van der Waals surface area contributed by atoms with E-state index in [0.29, 0.717) is 36.8 Å². The van der Waals surface area contributed by atoms with E-state index < -0.39 is 0 Å². The maximum Gasteiger partial charge on any atom is 0.289 e. The first-order valence-corrected chi connectivity index (χ1v) is 11.0. The van der Waals surface area contributed by atoms with Crippen molar-refractivity contribution >= 4 is 39.9 Å². The average Bonchev–Trinajstić information content (AvgIpc) is 3.43. The van der Waals surface area contributed by atoms with Gasteiger partial charge in [0.25, 0.3) is 5.91 Å². The molecule has 3 aromatic rings. The Morgan fingerprint density at radius 2 is 2.10 bits per heavy atom. The Morgan fingerprint density at radius 1 is 1.30 bits per heavy atom. The van der Waals surface area contributed by atoms with Crippen molar-refractivity contribution in [2.45, 2.75) is 26.2 Å². The maximum absolute atomic E-state index is 12.6. The molecule has 2 amide bonds. The second-order valence-electron chi connectivity index (χ2n) is 7.43. The van der Waals surface area contributed by atoms with Gasteiger partial charge in [-0.15, -0.1) is 11.3 Å². The molecule has 2 aromatic heterocycles. The number of benzene rings is 1. The summed E-state index contributed by atoms with van der Waals surface area (Å²) < 4.78 is 5.17.